The topological polar surface area (TPSA) is 9.23 Å². The van der Waals surface area contributed by atoms with Gasteiger partial charge >= 0.3 is 6.98 Å². The molecule has 0 aliphatic heterocycles. The summed E-state index contributed by atoms with van der Waals surface area (Å²) in [6.45, 7) is -1.19. The van der Waals surface area contributed by atoms with Crippen LogP contribution in [0.5, 0.6) is 5.75 Å². The van der Waals surface area contributed by atoms with E-state index in [1.807, 2.05) is 13.8 Å². The second-order valence-corrected chi connectivity index (χ2v) is 3.48. The summed E-state index contributed by atoms with van der Waals surface area (Å²) in [4.78, 5) is 0. The van der Waals surface area contributed by atoms with E-state index in [1.54, 1.807) is 0 Å². The maximum atomic E-state index is 12.4. The van der Waals surface area contributed by atoms with Gasteiger partial charge < -0.3 is 17.7 Å². The van der Waals surface area contributed by atoms with Gasteiger partial charge in [0, 0.05) is 0 Å². The van der Waals surface area contributed by atoms with Crippen LogP contribution in [0.15, 0.2) is 24.3 Å². The van der Waals surface area contributed by atoms with Gasteiger partial charge in [-0.05, 0) is 25.5 Å². The van der Waals surface area contributed by atoms with Crippen LogP contribution >= 0.6 is 0 Å². The van der Waals surface area contributed by atoms with Crippen LogP contribution in [0.2, 0.25) is 0 Å². The van der Waals surface area contributed by atoms with Crippen LogP contribution in [-0.2, 0) is 0 Å². The van der Waals surface area contributed by atoms with Crippen LogP contribution in [0.25, 0.3) is 0 Å². The molecule has 0 heterocycles. The first-order valence-electron chi connectivity index (χ1n) is 4.90. The molecule has 0 fully saturated rings. The van der Waals surface area contributed by atoms with Crippen molar-refractivity contribution < 1.29 is 17.7 Å². The van der Waals surface area contributed by atoms with E-state index >= 15 is 0 Å². The highest BCUT2D eigenvalue weighted by molar-refractivity contribution is 6.73. The van der Waals surface area contributed by atoms with Crippen LogP contribution in [0.3, 0.4) is 0 Å². The van der Waals surface area contributed by atoms with Gasteiger partial charge in [-0.15, -0.1) is 5.46 Å². The largest absolute Gasteiger partial charge is 0.509 e. The number of rotatable bonds is 4. The Morgan fingerprint density at radius 2 is 2.00 bits per heavy atom. The second kappa shape index (κ2) is 4.60. The van der Waals surface area contributed by atoms with Crippen LogP contribution < -0.4 is 10.2 Å². The molecule has 1 aromatic rings. The molecule has 0 aromatic heterocycles. The molecule has 1 aromatic carbocycles. The Morgan fingerprint density at radius 1 is 1.33 bits per heavy atom. The van der Waals surface area contributed by atoms with Crippen molar-refractivity contribution in [2.45, 2.75) is 26.4 Å². The zero-order valence-corrected chi connectivity index (χ0v) is 8.71. The molecule has 0 bridgehead atoms. The average molecular weight is 217 g/mol. The smallest absolute Gasteiger partial charge is 0.491 e. The van der Waals surface area contributed by atoms with E-state index in [0.717, 1.165) is 18.6 Å². The Labute approximate surface area is 87.3 Å². The number of benzene rings is 1. The molecule has 0 saturated carbocycles. The molecule has 0 amide bonds. The molecule has 5 heteroatoms. The third-order valence-corrected chi connectivity index (χ3v) is 2.15. The van der Waals surface area contributed by atoms with Crippen molar-refractivity contribution in [1.82, 2.24) is 0 Å². The van der Waals surface area contributed by atoms with E-state index < -0.39 is 12.4 Å². The van der Waals surface area contributed by atoms with Crippen molar-refractivity contribution in [3.05, 3.63) is 24.3 Å². The molecule has 15 heavy (non-hydrogen) atoms. The summed E-state index contributed by atoms with van der Waals surface area (Å²) in [7, 11) is 0. The van der Waals surface area contributed by atoms with Crippen LogP contribution in [0.4, 0.5) is 12.9 Å². The summed E-state index contributed by atoms with van der Waals surface area (Å²) < 4.78 is 42.5. The van der Waals surface area contributed by atoms with Gasteiger partial charge in [-0.25, -0.2) is 0 Å². The lowest BCUT2D eigenvalue weighted by molar-refractivity contribution is 0.217. The first-order chi connectivity index (χ1) is 6.93. The van der Waals surface area contributed by atoms with E-state index in [2.05, 4.69) is 0 Å². The molecule has 1 atom stereocenters. The Balaban J connectivity index is 2.84. The minimum Gasteiger partial charge on any atom is -0.491 e. The second-order valence-electron chi connectivity index (χ2n) is 3.48. The van der Waals surface area contributed by atoms with Crippen molar-refractivity contribution >= 4 is 12.4 Å². The number of ether oxygens (including phenoxy) is 1. The van der Waals surface area contributed by atoms with Crippen molar-refractivity contribution in [2.24, 2.45) is 0 Å². The molecule has 0 N–H and O–H groups in total. The lowest BCUT2D eigenvalue weighted by atomic mass is 9.80. The van der Waals surface area contributed by atoms with E-state index in [1.165, 1.54) is 12.1 Å². The van der Waals surface area contributed by atoms with Gasteiger partial charge in [0.15, 0.2) is 0 Å². The zero-order valence-electron chi connectivity index (χ0n) is 8.71. The first-order valence-corrected chi connectivity index (χ1v) is 4.90. The molecule has 84 valence electrons. The molecule has 1 rings (SSSR count). The molecule has 0 spiro atoms. The van der Waals surface area contributed by atoms with Crippen molar-refractivity contribution in [1.29, 1.82) is 0 Å². The maximum Gasteiger partial charge on any atom is 0.509 e. The Morgan fingerprint density at radius 3 is 2.53 bits per heavy atom. The molecule has 0 saturated heterocycles. The van der Waals surface area contributed by atoms with Gasteiger partial charge in [-0.1, -0.05) is 19.1 Å². The van der Waals surface area contributed by atoms with Gasteiger partial charge in [-0.3, -0.25) is 0 Å². The first kappa shape index (κ1) is 11.9. The van der Waals surface area contributed by atoms with E-state index in [-0.39, 0.29) is 11.9 Å². The summed E-state index contributed by atoms with van der Waals surface area (Å²) >= 11 is 0. The van der Waals surface area contributed by atoms with Crippen LogP contribution in [0, 0.1) is 0 Å². The molecule has 0 aliphatic rings. The Bertz CT molecular complexity index is 325. The maximum absolute atomic E-state index is 12.4. The molecule has 0 radical (unpaired) electrons. The van der Waals surface area contributed by atoms with Gasteiger partial charge in [0.25, 0.3) is 0 Å². The van der Waals surface area contributed by atoms with Gasteiger partial charge in [0.05, 0.1) is 6.10 Å². The molecule has 0 aliphatic carbocycles. The molecular weight excluding hydrogens is 204 g/mol. The Kier molecular flexibility index (Phi) is 3.66. The Hall–Kier alpha value is -1.13. The minimum atomic E-state index is -4.94. The fraction of sp³-hybridized carbons (Fsp3) is 0.400. The normalized spacial score (nSPS) is 13.7. The van der Waals surface area contributed by atoms with Gasteiger partial charge in [0.1, 0.15) is 5.75 Å². The van der Waals surface area contributed by atoms with E-state index in [9.17, 15) is 12.9 Å². The van der Waals surface area contributed by atoms with Crippen LogP contribution in [-0.4, -0.2) is 13.1 Å². The predicted molar refractivity (Wildman–Crippen MR) is 55.5 cm³/mol. The fourth-order valence-corrected chi connectivity index (χ4v) is 1.11. The highest BCUT2D eigenvalue weighted by Gasteiger charge is 2.25. The summed E-state index contributed by atoms with van der Waals surface area (Å²) in [6, 6.07) is 5.01. The van der Waals surface area contributed by atoms with Crippen molar-refractivity contribution in [2.75, 3.05) is 0 Å². The van der Waals surface area contributed by atoms with Gasteiger partial charge in [-0.2, -0.15) is 0 Å². The van der Waals surface area contributed by atoms with E-state index in [4.69, 9.17) is 4.74 Å². The molecular formula is C10H13BF3O-. The van der Waals surface area contributed by atoms with Crippen molar-refractivity contribution in [3.63, 3.8) is 0 Å². The lowest BCUT2D eigenvalue weighted by Crippen LogP contribution is -2.33. The van der Waals surface area contributed by atoms with Gasteiger partial charge in [0.2, 0.25) is 0 Å². The summed E-state index contributed by atoms with van der Waals surface area (Å²) in [5.74, 6) is 0.279. The van der Waals surface area contributed by atoms with Crippen molar-refractivity contribution in [3.8, 4) is 5.75 Å². The number of hydrogen-bond donors (Lipinski definition) is 0. The highest BCUT2D eigenvalue weighted by atomic mass is 19.4. The molecule has 1 nitrogen and oxygen atoms in total. The summed E-state index contributed by atoms with van der Waals surface area (Å²) in [5, 5.41) is 0. The standard InChI is InChI=1S/C10H13BF3O/c1-3-8(2)15-10-6-4-5-9(7-10)11(12,13)14/h4-8H,3H2,1-2H3/q-1. The zero-order chi connectivity index (χ0) is 11.5. The molecule has 1 unspecified atom stereocenters. The predicted octanol–water partition coefficient (Wildman–Crippen LogP) is 2.92. The van der Waals surface area contributed by atoms with Crippen LogP contribution in [0.1, 0.15) is 20.3 Å². The number of hydrogen-bond acceptors (Lipinski definition) is 1. The lowest BCUT2D eigenvalue weighted by Gasteiger charge is -2.18. The monoisotopic (exact) mass is 217 g/mol. The quantitative estimate of drug-likeness (QED) is 0.704. The summed E-state index contributed by atoms with van der Waals surface area (Å²) in [5.41, 5.74) is -0.615. The fourth-order valence-electron chi connectivity index (χ4n) is 1.11. The highest BCUT2D eigenvalue weighted by Crippen LogP contribution is 2.16. The third-order valence-electron chi connectivity index (χ3n) is 2.15. The van der Waals surface area contributed by atoms with E-state index in [0.29, 0.717) is 0 Å². The third kappa shape index (κ3) is 3.49. The minimum absolute atomic E-state index is 0.0685. The average Bonchev–Trinajstić information content (AvgIpc) is 2.17. The number of halogens is 3. The summed E-state index contributed by atoms with van der Waals surface area (Å²) in [6.07, 6.45) is 0.697. The SMILES string of the molecule is CCC(C)Oc1cccc([B-](F)(F)F)c1.